The number of ketones is 2. The molecule has 0 saturated heterocycles. The predicted octanol–water partition coefficient (Wildman–Crippen LogP) is -0.449. The van der Waals surface area contributed by atoms with Crippen LogP contribution in [0.15, 0.2) is 0 Å². The van der Waals surface area contributed by atoms with Crippen molar-refractivity contribution in [1.29, 1.82) is 0 Å². The minimum Gasteiger partial charge on any atom is -0.478 e. The van der Waals surface area contributed by atoms with Gasteiger partial charge in [0, 0.05) is 6.92 Å². The van der Waals surface area contributed by atoms with E-state index in [1.54, 1.807) is 0 Å². The molecule has 78 valence electrons. The van der Waals surface area contributed by atoms with E-state index in [1.807, 2.05) is 0 Å². The lowest BCUT2D eigenvalue weighted by atomic mass is 10.2. The van der Waals surface area contributed by atoms with Gasteiger partial charge >= 0.3 is 11.9 Å². The zero-order valence-electron chi connectivity index (χ0n) is 7.77. The maximum Gasteiger partial charge on any atom is 0.375 e. The van der Waals surface area contributed by atoms with Crippen LogP contribution in [-0.2, 0) is 23.9 Å². The van der Waals surface area contributed by atoms with Gasteiger partial charge in [0.05, 0.1) is 6.42 Å². The minimum atomic E-state index is -1.58. The molecule has 0 aromatic heterocycles. The number of carboxylic acid groups (broad SMARTS) is 1. The van der Waals surface area contributed by atoms with Crippen LogP contribution in [0.5, 0.6) is 0 Å². The zero-order valence-corrected chi connectivity index (χ0v) is 7.77. The van der Waals surface area contributed by atoms with Crippen molar-refractivity contribution in [2.75, 3.05) is 0 Å². The van der Waals surface area contributed by atoms with Gasteiger partial charge in [0.1, 0.15) is 5.78 Å². The summed E-state index contributed by atoms with van der Waals surface area (Å²) in [6.07, 6.45) is -2.02. The minimum absolute atomic E-state index is 0.436. The fourth-order valence-corrected chi connectivity index (χ4v) is 0.653. The quantitative estimate of drug-likeness (QED) is 0.479. The van der Waals surface area contributed by atoms with E-state index < -0.39 is 36.0 Å². The normalized spacial score (nSPS) is 11.6. The zero-order chi connectivity index (χ0) is 11.3. The second-order valence-corrected chi connectivity index (χ2v) is 2.69. The molecule has 0 saturated carbocycles. The van der Waals surface area contributed by atoms with Crippen LogP contribution in [0, 0.1) is 0 Å². The molecule has 0 aromatic carbocycles. The summed E-state index contributed by atoms with van der Waals surface area (Å²) in [5.74, 6) is -4.04. The average molecular weight is 202 g/mol. The molecule has 14 heavy (non-hydrogen) atoms. The molecule has 0 spiro atoms. The Kier molecular flexibility index (Phi) is 4.48. The summed E-state index contributed by atoms with van der Waals surface area (Å²) in [5.41, 5.74) is 0. The van der Waals surface area contributed by atoms with Crippen molar-refractivity contribution >= 4 is 23.5 Å². The molecule has 0 aliphatic carbocycles. The second kappa shape index (κ2) is 5.11. The molecule has 1 unspecified atom stereocenters. The van der Waals surface area contributed by atoms with Crippen molar-refractivity contribution < 1.29 is 29.0 Å². The van der Waals surface area contributed by atoms with Gasteiger partial charge in [0.15, 0.2) is 0 Å². The first-order chi connectivity index (χ1) is 6.34. The van der Waals surface area contributed by atoms with Gasteiger partial charge in [-0.1, -0.05) is 0 Å². The molecular formula is C8H10O6. The predicted molar refractivity (Wildman–Crippen MR) is 43.5 cm³/mol. The van der Waals surface area contributed by atoms with Crippen LogP contribution < -0.4 is 0 Å². The van der Waals surface area contributed by atoms with Gasteiger partial charge in [-0.2, -0.15) is 0 Å². The van der Waals surface area contributed by atoms with Gasteiger partial charge in [-0.05, 0) is 6.92 Å². The lowest BCUT2D eigenvalue weighted by Crippen LogP contribution is -2.31. The molecule has 6 nitrogen and oxygen atoms in total. The molecule has 0 rings (SSSR count). The molecule has 1 atom stereocenters. The van der Waals surface area contributed by atoms with Gasteiger partial charge < -0.3 is 9.84 Å². The summed E-state index contributed by atoms with van der Waals surface area (Å²) in [7, 11) is 0. The maximum absolute atomic E-state index is 10.7. The van der Waals surface area contributed by atoms with Gasteiger partial charge in [0.2, 0.25) is 11.9 Å². The van der Waals surface area contributed by atoms with Crippen LogP contribution in [0.1, 0.15) is 20.3 Å². The Bertz CT molecular complexity index is 280. The topological polar surface area (TPSA) is 97.7 Å². The molecule has 0 aromatic rings. The Morgan fingerprint density at radius 3 is 2.00 bits per heavy atom. The highest BCUT2D eigenvalue weighted by molar-refractivity contribution is 6.32. The maximum atomic E-state index is 10.7. The highest BCUT2D eigenvalue weighted by atomic mass is 16.6. The molecule has 6 heteroatoms. The number of rotatable bonds is 5. The van der Waals surface area contributed by atoms with E-state index in [-0.39, 0.29) is 0 Å². The van der Waals surface area contributed by atoms with Crippen molar-refractivity contribution in [1.82, 2.24) is 0 Å². The number of carboxylic acids is 1. The van der Waals surface area contributed by atoms with Gasteiger partial charge in [-0.15, -0.1) is 0 Å². The SMILES string of the molecule is CC(=O)CC(OC(=O)C(C)=O)C(=O)O. The first-order valence-corrected chi connectivity index (χ1v) is 3.78. The van der Waals surface area contributed by atoms with Crippen molar-refractivity contribution in [2.45, 2.75) is 26.4 Å². The number of esters is 1. The van der Waals surface area contributed by atoms with E-state index in [4.69, 9.17) is 5.11 Å². The summed E-state index contributed by atoms with van der Waals surface area (Å²) in [6, 6.07) is 0. The third-order valence-corrected chi connectivity index (χ3v) is 1.29. The van der Waals surface area contributed by atoms with Crippen LogP contribution in [0.3, 0.4) is 0 Å². The summed E-state index contributed by atoms with van der Waals surface area (Å²) in [5, 5.41) is 8.51. The lowest BCUT2D eigenvalue weighted by molar-refractivity contribution is -0.167. The number of carbonyl (C=O) groups excluding carboxylic acids is 3. The number of hydrogen-bond acceptors (Lipinski definition) is 5. The fraction of sp³-hybridized carbons (Fsp3) is 0.500. The highest BCUT2D eigenvalue weighted by Crippen LogP contribution is 2.01. The second-order valence-electron chi connectivity index (χ2n) is 2.69. The summed E-state index contributed by atoms with van der Waals surface area (Å²) < 4.78 is 4.28. The Morgan fingerprint density at radius 1 is 1.21 bits per heavy atom. The Morgan fingerprint density at radius 2 is 1.71 bits per heavy atom. The van der Waals surface area contributed by atoms with Gasteiger partial charge in [-0.25, -0.2) is 9.59 Å². The Labute approximate surface area is 79.8 Å². The number of aliphatic carboxylic acids is 1. The first kappa shape index (κ1) is 12.3. The van der Waals surface area contributed by atoms with E-state index in [1.165, 1.54) is 0 Å². The Balaban J connectivity index is 4.38. The van der Waals surface area contributed by atoms with Crippen LogP contribution >= 0.6 is 0 Å². The van der Waals surface area contributed by atoms with E-state index in [0.717, 1.165) is 13.8 Å². The molecule has 0 heterocycles. The van der Waals surface area contributed by atoms with Crippen LogP contribution in [0.25, 0.3) is 0 Å². The smallest absolute Gasteiger partial charge is 0.375 e. The monoisotopic (exact) mass is 202 g/mol. The number of ether oxygens (including phenoxy) is 1. The summed E-state index contributed by atoms with van der Waals surface area (Å²) in [6.45, 7) is 2.12. The van der Waals surface area contributed by atoms with E-state index in [9.17, 15) is 19.2 Å². The third-order valence-electron chi connectivity index (χ3n) is 1.29. The van der Waals surface area contributed by atoms with E-state index in [0.29, 0.717) is 0 Å². The number of carbonyl (C=O) groups is 4. The third kappa shape index (κ3) is 4.34. The van der Waals surface area contributed by atoms with Crippen LogP contribution in [0.2, 0.25) is 0 Å². The van der Waals surface area contributed by atoms with Crippen LogP contribution in [-0.4, -0.2) is 34.7 Å². The summed E-state index contributed by atoms with van der Waals surface area (Å²) >= 11 is 0. The van der Waals surface area contributed by atoms with Gasteiger partial charge in [0.25, 0.3) is 0 Å². The highest BCUT2D eigenvalue weighted by Gasteiger charge is 2.25. The number of Topliss-reactive ketones (excluding diaryl/α,β-unsaturated/α-hetero) is 2. The molecular weight excluding hydrogens is 192 g/mol. The average Bonchev–Trinajstić information content (AvgIpc) is 2.01. The standard InChI is InChI=1S/C8H10O6/c1-4(9)3-6(7(11)12)14-8(13)5(2)10/h6H,3H2,1-2H3,(H,11,12). The molecule has 0 amide bonds. The molecule has 0 radical (unpaired) electrons. The largest absolute Gasteiger partial charge is 0.478 e. The Hall–Kier alpha value is -1.72. The van der Waals surface area contributed by atoms with Crippen molar-refractivity contribution in [2.24, 2.45) is 0 Å². The summed E-state index contributed by atoms with van der Waals surface area (Å²) in [4.78, 5) is 42.2. The van der Waals surface area contributed by atoms with E-state index >= 15 is 0 Å². The molecule has 0 bridgehead atoms. The van der Waals surface area contributed by atoms with Crippen molar-refractivity contribution in [3.8, 4) is 0 Å². The molecule has 0 fully saturated rings. The fourth-order valence-electron chi connectivity index (χ4n) is 0.653. The number of hydrogen-bond donors (Lipinski definition) is 1. The molecule has 0 aliphatic heterocycles. The van der Waals surface area contributed by atoms with Crippen molar-refractivity contribution in [3.05, 3.63) is 0 Å². The molecule has 0 aliphatic rings. The van der Waals surface area contributed by atoms with Crippen LogP contribution in [0.4, 0.5) is 0 Å². The van der Waals surface area contributed by atoms with Crippen molar-refractivity contribution in [3.63, 3.8) is 0 Å². The van der Waals surface area contributed by atoms with E-state index in [2.05, 4.69) is 4.74 Å². The van der Waals surface area contributed by atoms with Gasteiger partial charge in [-0.3, -0.25) is 9.59 Å². The first-order valence-electron chi connectivity index (χ1n) is 3.78. The molecule has 1 N–H and O–H groups in total. The lowest BCUT2D eigenvalue weighted by Gasteiger charge is -2.10.